The monoisotopic (exact) mass is 329 g/mol. The van der Waals surface area contributed by atoms with Crippen molar-refractivity contribution in [2.75, 3.05) is 4.90 Å². The first-order chi connectivity index (χ1) is 11.1. The van der Waals surface area contributed by atoms with Gasteiger partial charge in [0, 0.05) is 17.1 Å². The number of nitrogens with zero attached hydrogens (tertiary/aromatic N) is 1. The zero-order chi connectivity index (χ0) is 18.9. The molecule has 0 aliphatic carbocycles. The van der Waals surface area contributed by atoms with Gasteiger partial charge in [0.2, 0.25) is 0 Å². The van der Waals surface area contributed by atoms with Crippen LogP contribution < -0.4 is 4.90 Å². The predicted octanol–water partition coefficient (Wildman–Crippen LogP) is 7.91. The third-order valence-electron chi connectivity index (χ3n) is 4.55. The number of hydrogen-bond donors (Lipinski definition) is 0. The van der Waals surface area contributed by atoms with Crippen molar-refractivity contribution in [3.63, 3.8) is 0 Å². The minimum absolute atomic E-state index is 0.542. The highest BCUT2D eigenvalue weighted by Crippen LogP contribution is 2.26. The van der Waals surface area contributed by atoms with Crippen molar-refractivity contribution < 1.29 is 0 Å². The first-order valence-electron chi connectivity index (χ1n) is 9.25. The Hall–Kier alpha value is -1.50. The molecule has 0 aromatic heterocycles. The van der Waals surface area contributed by atoms with Crippen LogP contribution in [0.2, 0.25) is 0 Å². The van der Waals surface area contributed by atoms with Gasteiger partial charge >= 0.3 is 0 Å². The molecule has 0 fully saturated rings. The van der Waals surface area contributed by atoms with Gasteiger partial charge in [0.25, 0.3) is 0 Å². The molecule has 0 radical (unpaired) electrons. The molecular weight excluding hydrogens is 290 g/mol. The normalized spacial score (nSPS) is 13.0. The lowest BCUT2D eigenvalue weighted by Crippen LogP contribution is -2.17. The van der Waals surface area contributed by atoms with Crippen molar-refractivity contribution in [3.8, 4) is 0 Å². The van der Waals surface area contributed by atoms with Gasteiger partial charge in [0.15, 0.2) is 0 Å². The average molecular weight is 330 g/mol. The summed E-state index contributed by atoms with van der Waals surface area (Å²) in [5, 5.41) is 0. The number of hydrogen-bond acceptors (Lipinski definition) is 1. The maximum absolute atomic E-state index is 4.06. The number of rotatable bonds is 5. The fourth-order valence-corrected chi connectivity index (χ4v) is 2.04. The van der Waals surface area contributed by atoms with Crippen LogP contribution in [0.3, 0.4) is 0 Å². The van der Waals surface area contributed by atoms with E-state index in [1.807, 2.05) is 6.92 Å². The summed E-state index contributed by atoms with van der Waals surface area (Å²) < 4.78 is 0. The second-order valence-electron chi connectivity index (χ2n) is 7.82. The Morgan fingerprint density at radius 2 is 1.58 bits per heavy atom. The van der Waals surface area contributed by atoms with Crippen LogP contribution in [-0.2, 0) is 0 Å². The molecule has 0 N–H and O–H groups in total. The molecule has 0 heterocycles. The second-order valence-corrected chi connectivity index (χ2v) is 7.82. The molecule has 1 nitrogen and oxygen atoms in total. The van der Waals surface area contributed by atoms with Gasteiger partial charge in [-0.3, -0.25) is 0 Å². The Morgan fingerprint density at radius 1 is 1.12 bits per heavy atom. The van der Waals surface area contributed by atoms with Crippen molar-refractivity contribution in [2.45, 2.75) is 81.1 Å². The van der Waals surface area contributed by atoms with Gasteiger partial charge in [-0.25, -0.2) is 0 Å². The lowest BCUT2D eigenvalue weighted by Gasteiger charge is -2.26. The zero-order valence-corrected chi connectivity index (χ0v) is 17.5. The summed E-state index contributed by atoms with van der Waals surface area (Å²) in [6.07, 6.45) is 4.56. The van der Waals surface area contributed by atoms with Gasteiger partial charge in [-0.05, 0) is 56.2 Å². The molecule has 1 heteroatoms. The molecule has 0 saturated carbocycles. The molecule has 24 heavy (non-hydrogen) atoms. The van der Waals surface area contributed by atoms with E-state index in [1.54, 1.807) is 0 Å². The first kappa shape index (κ1) is 22.5. The Balaban J connectivity index is 0.000000754. The quantitative estimate of drug-likeness (QED) is 0.530. The molecule has 136 valence electrons. The molecule has 0 spiro atoms. The number of anilines is 1. The van der Waals surface area contributed by atoms with Crippen LogP contribution in [0, 0.1) is 5.41 Å². The van der Waals surface area contributed by atoms with Crippen molar-refractivity contribution in [1.82, 2.24) is 0 Å². The Morgan fingerprint density at radius 3 is 1.88 bits per heavy atom. The van der Waals surface area contributed by atoms with E-state index in [9.17, 15) is 0 Å². The minimum atomic E-state index is 0.542. The third kappa shape index (κ3) is 7.86. The summed E-state index contributed by atoms with van der Waals surface area (Å²) in [5.41, 5.74) is 5.38. The molecular formula is C23H39N. The molecule has 1 rings (SSSR count). The largest absolute Gasteiger partial charge is 0.319 e. The average Bonchev–Trinajstić information content (AvgIpc) is 2.54. The van der Waals surface area contributed by atoms with Crippen LogP contribution >= 0.6 is 0 Å². The highest BCUT2D eigenvalue weighted by atomic mass is 15.1. The highest BCUT2D eigenvalue weighted by molar-refractivity contribution is 5.57. The van der Waals surface area contributed by atoms with Crippen molar-refractivity contribution >= 4 is 5.69 Å². The van der Waals surface area contributed by atoms with Gasteiger partial charge < -0.3 is 4.90 Å². The van der Waals surface area contributed by atoms with Crippen LogP contribution in [0.1, 0.15) is 86.6 Å². The first-order valence-corrected chi connectivity index (χ1v) is 9.25. The van der Waals surface area contributed by atoms with E-state index in [1.165, 1.54) is 29.8 Å². The van der Waals surface area contributed by atoms with Crippen LogP contribution in [0.15, 0.2) is 48.3 Å². The van der Waals surface area contributed by atoms with Crippen LogP contribution in [0.25, 0.3) is 0 Å². The number of benzene rings is 1. The second kappa shape index (κ2) is 10.4. The lowest BCUT2D eigenvalue weighted by atomic mass is 9.94. The zero-order valence-electron chi connectivity index (χ0n) is 17.5. The lowest BCUT2D eigenvalue weighted by molar-refractivity contribution is 0.398. The summed E-state index contributed by atoms with van der Waals surface area (Å²) in [4.78, 5) is 2.18. The molecule has 0 aliphatic heterocycles. The van der Waals surface area contributed by atoms with Crippen LogP contribution in [0.5, 0.6) is 0 Å². The molecule has 0 saturated heterocycles. The molecule has 0 amide bonds. The molecule has 1 aromatic carbocycles. The van der Waals surface area contributed by atoms with E-state index in [0.29, 0.717) is 11.3 Å². The van der Waals surface area contributed by atoms with E-state index in [-0.39, 0.29) is 0 Å². The van der Waals surface area contributed by atoms with E-state index in [4.69, 9.17) is 0 Å². The van der Waals surface area contributed by atoms with Crippen LogP contribution in [0.4, 0.5) is 5.69 Å². The molecule has 1 unspecified atom stereocenters. The summed E-state index contributed by atoms with van der Waals surface area (Å²) >= 11 is 0. The standard InChI is InChI=1S/C17H25N.C6H14/c1-7-14(5)16-9-11-17(12-10-16)18(13(3)4)15(6)8-2;1-5-6(2,3)4/h8-12,14H,3,7H2,1-2,4-6H3;5H2,1-4H3/b15-8+;. The van der Waals surface area contributed by atoms with Gasteiger partial charge in [-0.15, -0.1) is 0 Å². The summed E-state index contributed by atoms with van der Waals surface area (Å²) in [6.45, 7) is 23.7. The maximum Gasteiger partial charge on any atom is 0.0454 e. The van der Waals surface area contributed by atoms with Crippen molar-refractivity contribution in [3.05, 3.63) is 53.9 Å². The van der Waals surface area contributed by atoms with E-state index < -0.39 is 0 Å². The smallest absolute Gasteiger partial charge is 0.0454 e. The van der Waals surface area contributed by atoms with Crippen molar-refractivity contribution in [1.29, 1.82) is 0 Å². The van der Waals surface area contributed by atoms with Gasteiger partial charge in [-0.2, -0.15) is 0 Å². The molecule has 0 aliphatic rings. The third-order valence-corrected chi connectivity index (χ3v) is 4.55. The maximum atomic E-state index is 4.06. The molecule has 1 aromatic rings. The SMILES string of the molecule is C=C(C)N(/C(C)=C/C)c1ccc(C(C)CC)cc1.CCC(C)(C)C. The summed E-state index contributed by atoms with van der Waals surface area (Å²) in [5.74, 6) is 0.625. The van der Waals surface area contributed by atoms with Crippen LogP contribution in [-0.4, -0.2) is 0 Å². The van der Waals surface area contributed by atoms with Crippen molar-refractivity contribution in [2.24, 2.45) is 5.41 Å². The minimum Gasteiger partial charge on any atom is -0.319 e. The fourth-order valence-electron chi connectivity index (χ4n) is 2.04. The predicted molar refractivity (Wildman–Crippen MR) is 112 cm³/mol. The van der Waals surface area contributed by atoms with Gasteiger partial charge in [0.1, 0.15) is 0 Å². The fraction of sp³-hybridized carbons (Fsp3) is 0.565. The molecule has 1 atom stereocenters. The summed E-state index contributed by atoms with van der Waals surface area (Å²) in [7, 11) is 0. The summed E-state index contributed by atoms with van der Waals surface area (Å²) in [6, 6.07) is 8.82. The van der Waals surface area contributed by atoms with E-state index in [0.717, 1.165) is 5.70 Å². The van der Waals surface area contributed by atoms with E-state index >= 15 is 0 Å². The van der Waals surface area contributed by atoms with Gasteiger partial charge in [-0.1, -0.05) is 72.8 Å². The van der Waals surface area contributed by atoms with Gasteiger partial charge in [0.05, 0.1) is 0 Å². The molecule has 0 bridgehead atoms. The Labute approximate surface area is 151 Å². The Bertz CT molecular complexity index is 514. The number of allylic oxidation sites excluding steroid dienone is 3. The Kier molecular flexibility index (Phi) is 9.73. The highest BCUT2D eigenvalue weighted by Gasteiger charge is 2.09. The van der Waals surface area contributed by atoms with E-state index in [2.05, 4.69) is 97.2 Å². The topological polar surface area (TPSA) is 3.24 Å².